The van der Waals surface area contributed by atoms with E-state index in [0.29, 0.717) is 45.8 Å². The number of amides is 2. The third-order valence-electron chi connectivity index (χ3n) is 5.55. The first-order chi connectivity index (χ1) is 12.9. The molecule has 0 aromatic heterocycles. The summed E-state index contributed by atoms with van der Waals surface area (Å²) in [5.74, 6) is -0.492. The third-order valence-corrected chi connectivity index (χ3v) is 7.29. The van der Waals surface area contributed by atoms with Gasteiger partial charge in [0.05, 0.1) is 11.8 Å². The van der Waals surface area contributed by atoms with E-state index in [9.17, 15) is 18.0 Å². The van der Waals surface area contributed by atoms with E-state index >= 15 is 0 Å². The highest BCUT2D eigenvalue weighted by atomic mass is 32.2. The summed E-state index contributed by atoms with van der Waals surface area (Å²) < 4.78 is 36.2. The SMILES string of the molecule is COCCCN1C(=O)[C@@H]2C[C@H](NC(=O)C3CCOCC3)CN2CCS1(=O)=O. The van der Waals surface area contributed by atoms with E-state index in [-0.39, 0.29) is 36.1 Å². The highest BCUT2D eigenvalue weighted by Crippen LogP contribution is 2.25. The van der Waals surface area contributed by atoms with E-state index in [1.807, 2.05) is 4.90 Å². The summed E-state index contributed by atoms with van der Waals surface area (Å²) >= 11 is 0. The number of hydrogen-bond donors (Lipinski definition) is 1. The average Bonchev–Trinajstić information content (AvgIpc) is 3.03. The molecule has 3 aliphatic heterocycles. The number of hydrogen-bond acceptors (Lipinski definition) is 7. The highest BCUT2D eigenvalue weighted by Gasteiger charge is 2.45. The van der Waals surface area contributed by atoms with Crippen LogP contribution in [0.15, 0.2) is 0 Å². The summed E-state index contributed by atoms with van der Waals surface area (Å²) in [6.45, 7) is 2.56. The fourth-order valence-corrected chi connectivity index (χ4v) is 5.53. The van der Waals surface area contributed by atoms with Crippen LogP contribution < -0.4 is 5.32 Å². The topological polar surface area (TPSA) is 105 Å². The second kappa shape index (κ2) is 8.85. The number of fused-ring (bicyclic) bond motifs is 1. The number of nitrogens with zero attached hydrogens (tertiary/aromatic N) is 2. The van der Waals surface area contributed by atoms with Crippen molar-refractivity contribution in [3.05, 3.63) is 0 Å². The van der Waals surface area contributed by atoms with Crippen LogP contribution in [0.3, 0.4) is 0 Å². The van der Waals surface area contributed by atoms with E-state index in [0.717, 1.165) is 17.1 Å². The lowest BCUT2D eigenvalue weighted by atomic mass is 9.99. The van der Waals surface area contributed by atoms with Gasteiger partial charge in [0.15, 0.2) is 0 Å². The van der Waals surface area contributed by atoms with Crippen LogP contribution in [-0.4, -0.2) is 93.8 Å². The van der Waals surface area contributed by atoms with Gasteiger partial charge in [-0.2, -0.15) is 0 Å². The van der Waals surface area contributed by atoms with Gasteiger partial charge in [-0.1, -0.05) is 0 Å². The van der Waals surface area contributed by atoms with Gasteiger partial charge in [-0.25, -0.2) is 12.7 Å². The molecule has 0 saturated carbocycles. The molecule has 0 spiro atoms. The molecule has 3 saturated heterocycles. The van der Waals surface area contributed by atoms with Crippen LogP contribution in [0.4, 0.5) is 0 Å². The molecule has 10 heteroatoms. The van der Waals surface area contributed by atoms with E-state index in [4.69, 9.17) is 9.47 Å². The molecule has 0 aliphatic carbocycles. The lowest BCUT2D eigenvalue weighted by molar-refractivity contribution is -0.131. The third kappa shape index (κ3) is 4.79. The fraction of sp³-hybridized carbons (Fsp3) is 0.882. The number of sulfonamides is 1. The molecule has 27 heavy (non-hydrogen) atoms. The zero-order valence-electron chi connectivity index (χ0n) is 15.8. The van der Waals surface area contributed by atoms with Crippen molar-refractivity contribution >= 4 is 21.8 Å². The van der Waals surface area contributed by atoms with Crippen molar-refractivity contribution in [1.82, 2.24) is 14.5 Å². The number of nitrogens with one attached hydrogen (secondary N) is 1. The molecular formula is C17H29N3O6S. The number of ether oxygens (including phenoxy) is 2. The summed E-state index contributed by atoms with van der Waals surface area (Å²) in [5.41, 5.74) is 0. The van der Waals surface area contributed by atoms with Gasteiger partial charge in [-0.15, -0.1) is 0 Å². The van der Waals surface area contributed by atoms with Gasteiger partial charge in [0.25, 0.3) is 5.91 Å². The van der Waals surface area contributed by atoms with Gasteiger partial charge < -0.3 is 14.8 Å². The molecule has 154 valence electrons. The Labute approximate surface area is 160 Å². The number of methoxy groups -OCH3 is 1. The summed E-state index contributed by atoms with van der Waals surface area (Å²) in [7, 11) is -2.06. The maximum Gasteiger partial charge on any atom is 0.253 e. The molecule has 3 rings (SSSR count). The molecule has 1 N–H and O–H groups in total. The Bertz CT molecular complexity index is 649. The summed E-state index contributed by atoms with van der Waals surface area (Å²) in [6.07, 6.45) is 2.36. The quantitative estimate of drug-likeness (QED) is 0.578. The van der Waals surface area contributed by atoms with E-state index < -0.39 is 16.1 Å². The van der Waals surface area contributed by atoms with Crippen LogP contribution >= 0.6 is 0 Å². The lowest BCUT2D eigenvalue weighted by Crippen LogP contribution is -2.45. The van der Waals surface area contributed by atoms with Crippen molar-refractivity contribution in [2.45, 2.75) is 37.8 Å². The Morgan fingerprint density at radius 3 is 2.78 bits per heavy atom. The van der Waals surface area contributed by atoms with Crippen LogP contribution in [0.5, 0.6) is 0 Å². The summed E-state index contributed by atoms with van der Waals surface area (Å²) in [4.78, 5) is 27.3. The van der Waals surface area contributed by atoms with Crippen LogP contribution in [0, 0.1) is 5.92 Å². The number of carbonyl (C=O) groups is 2. The molecule has 2 atom stereocenters. The zero-order valence-corrected chi connectivity index (χ0v) is 16.6. The second-order valence-corrected chi connectivity index (χ2v) is 9.42. The van der Waals surface area contributed by atoms with Crippen molar-refractivity contribution in [3.63, 3.8) is 0 Å². The van der Waals surface area contributed by atoms with Crippen molar-refractivity contribution in [3.8, 4) is 0 Å². The normalized spacial score (nSPS) is 29.4. The lowest BCUT2D eigenvalue weighted by Gasteiger charge is -2.24. The Balaban J connectivity index is 1.62. The fourth-order valence-electron chi connectivity index (χ4n) is 4.04. The van der Waals surface area contributed by atoms with Crippen LogP contribution in [0.25, 0.3) is 0 Å². The van der Waals surface area contributed by atoms with E-state index in [2.05, 4.69) is 5.32 Å². The first-order valence-electron chi connectivity index (χ1n) is 9.57. The minimum Gasteiger partial charge on any atom is -0.385 e. The molecule has 0 bridgehead atoms. The molecule has 3 heterocycles. The van der Waals surface area contributed by atoms with Gasteiger partial charge >= 0.3 is 0 Å². The molecule has 3 aliphatic rings. The van der Waals surface area contributed by atoms with Crippen molar-refractivity contribution < 1.29 is 27.5 Å². The number of rotatable bonds is 6. The van der Waals surface area contributed by atoms with Crippen LogP contribution in [0.2, 0.25) is 0 Å². The van der Waals surface area contributed by atoms with Crippen molar-refractivity contribution in [2.24, 2.45) is 5.92 Å². The maximum absolute atomic E-state index is 12.9. The monoisotopic (exact) mass is 403 g/mol. The van der Waals surface area contributed by atoms with Gasteiger partial charge in [0.1, 0.15) is 0 Å². The largest absolute Gasteiger partial charge is 0.385 e. The molecule has 9 nitrogen and oxygen atoms in total. The Hall–Kier alpha value is -1.23. The Kier molecular flexibility index (Phi) is 6.72. The average molecular weight is 404 g/mol. The van der Waals surface area contributed by atoms with Gasteiger partial charge in [0.2, 0.25) is 15.9 Å². The van der Waals surface area contributed by atoms with Crippen molar-refractivity contribution in [2.75, 3.05) is 52.3 Å². The molecule has 3 fully saturated rings. The van der Waals surface area contributed by atoms with Gasteiger partial charge in [-0.3, -0.25) is 14.5 Å². The predicted molar refractivity (Wildman–Crippen MR) is 97.4 cm³/mol. The van der Waals surface area contributed by atoms with Crippen LogP contribution in [-0.2, 0) is 29.1 Å². The smallest absolute Gasteiger partial charge is 0.253 e. The molecule has 0 radical (unpaired) electrons. The standard InChI is InChI=1S/C17H29N3O6S/c1-25-7-2-5-20-17(22)15-11-14(12-19(15)6-10-27(20,23)24)18-16(21)13-3-8-26-9-4-13/h13-15H,2-12H2,1H3,(H,18,21)/t14-,15-/m0/s1. The zero-order chi connectivity index (χ0) is 19.4. The summed E-state index contributed by atoms with van der Waals surface area (Å²) in [5, 5.41) is 3.06. The number of carbonyl (C=O) groups excluding carboxylic acids is 2. The van der Waals surface area contributed by atoms with Crippen molar-refractivity contribution in [1.29, 1.82) is 0 Å². The molecular weight excluding hydrogens is 374 g/mol. The first kappa shape index (κ1) is 20.5. The van der Waals surface area contributed by atoms with Crippen LogP contribution in [0.1, 0.15) is 25.7 Å². The minimum atomic E-state index is -3.60. The van der Waals surface area contributed by atoms with E-state index in [1.165, 1.54) is 0 Å². The predicted octanol–water partition coefficient (Wildman–Crippen LogP) is -0.819. The first-order valence-corrected chi connectivity index (χ1v) is 11.2. The molecule has 0 aromatic rings. The Morgan fingerprint density at radius 1 is 1.33 bits per heavy atom. The highest BCUT2D eigenvalue weighted by molar-refractivity contribution is 7.89. The van der Waals surface area contributed by atoms with Gasteiger partial charge in [0, 0.05) is 58.5 Å². The molecule has 2 amide bonds. The Morgan fingerprint density at radius 2 is 2.07 bits per heavy atom. The summed E-state index contributed by atoms with van der Waals surface area (Å²) in [6, 6.07) is -0.624. The van der Waals surface area contributed by atoms with Gasteiger partial charge in [-0.05, 0) is 25.7 Å². The molecule has 0 aromatic carbocycles. The second-order valence-electron chi connectivity index (χ2n) is 7.41. The molecule has 0 unspecified atom stereocenters. The van der Waals surface area contributed by atoms with E-state index in [1.54, 1.807) is 7.11 Å². The minimum absolute atomic E-state index is 0.0120. The maximum atomic E-state index is 12.9.